The average Bonchev–Trinajstić information content (AvgIpc) is 3.40. The number of rotatable bonds is 3. The molecule has 1 aliphatic carbocycles. The molecule has 3 aromatic rings. The molecule has 4 nitrogen and oxygen atoms in total. The lowest BCUT2D eigenvalue weighted by Gasteiger charge is -2.20. The van der Waals surface area contributed by atoms with E-state index in [1.807, 2.05) is 31.2 Å². The summed E-state index contributed by atoms with van der Waals surface area (Å²) in [5.41, 5.74) is 4.29. The van der Waals surface area contributed by atoms with Crippen LogP contribution in [0.25, 0.3) is 11.3 Å². The second kappa shape index (κ2) is 7.88. The normalized spacial score (nSPS) is 17.1. The van der Waals surface area contributed by atoms with Gasteiger partial charge in [-0.1, -0.05) is 30.5 Å². The van der Waals surface area contributed by atoms with Crippen LogP contribution in [0.15, 0.2) is 46.8 Å². The van der Waals surface area contributed by atoms with Gasteiger partial charge in [-0.25, -0.2) is 4.99 Å². The van der Waals surface area contributed by atoms with Crippen molar-refractivity contribution in [3.05, 3.63) is 57.2 Å². The predicted octanol–water partition coefficient (Wildman–Crippen LogP) is 6.30. The van der Waals surface area contributed by atoms with Crippen LogP contribution < -0.4 is 14.3 Å². The lowest BCUT2D eigenvalue weighted by Crippen LogP contribution is -2.20. The summed E-state index contributed by atoms with van der Waals surface area (Å²) >= 11 is 8.01. The highest BCUT2D eigenvalue weighted by Gasteiger charge is 2.22. The molecular formula is C23H23ClN2O2S. The molecule has 0 radical (unpaired) electrons. The molecule has 6 heteroatoms. The number of nitrogens with zero attached hydrogens (tertiary/aromatic N) is 2. The minimum absolute atomic E-state index is 0.476. The van der Waals surface area contributed by atoms with E-state index >= 15 is 0 Å². The molecule has 1 aromatic heterocycles. The van der Waals surface area contributed by atoms with Crippen molar-refractivity contribution in [2.45, 2.75) is 38.6 Å². The van der Waals surface area contributed by atoms with Crippen LogP contribution in [0.2, 0.25) is 5.02 Å². The second-order valence-electron chi connectivity index (χ2n) is 7.62. The molecule has 2 aromatic carbocycles. The van der Waals surface area contributed by atoms with Crippen molar-refractivity contribution in [1.82, 2.24) is 4.57 Å². The quantitative estimate of drug-likeness (QED) is 0.492. The zero-order valence-corrected chi connectivity index (χ0v) is 17.9. The number of ether oxygens (including phenoxy) is 2. The van der Waals surface area contributed by atoms with Crippen molar-refractivity contribution in [1.29, 1.82) is 0 Å². The van der Waals surface area contributed by atoms with Crippen LogP contribution in [-0.2, 0) is 0 Å². The van der Waals surface area contributed by atoms with Gasteiger partial charge in [-0.15, -0.1) is 11.3 Å². The fraction of sp³-hybridized carbons (Fsp3) is 0.348. The van der Waals surface area contributed by atoms with Gasteiger partial charge in [0.15, 0.2) is 16.3 Å². The Morgan fingerprint density at radius 2 is 1.83 bits per heavy atom. The summed E-state index contributed by atoms with van der Waals surface area (Å²) in [6.07, 6.45) is 4.92. The predicted molar refractivity (Wildman–Crippen MR) is 118 cm³/mol. The lowest BCUT2D eigenvalue weighted by atomic mass is 10.1. The number of thiazole rings is 1. The molecule has 2 aliphatic rings. The van der Waals surface area contributed by atoms with Crippen LogP contribution in [0.1, 0.15) is 37.3 Å². The van der Waals surface area contributed by atoms with E-state index in [2.05, 4.69) is 22.1 Å². The first-order valence-corrected chi connectivity index (χ1v) is 11.4. The average molecular weight is 427 g/mol. The number of hydrogen-bond acceptors (Lipinski definition) is 4. The summed E-state index contributed by atoms with van der Waals surface area (Å²) in [5, 5.41) is 2.96. The molecule has 5 rings (SSSR count). The Hall–Kier alpha value is -2.24. The van der Waals surface area contributed by atoms with E-state index in [0.29, 0.717) is 19.3 Å². The zero-order chi connectivity index (χ0) is 19.8. The van der Waals surface area contributed by atoms with Crippen molar-refractivity contribution in [2.75, 3.05) is 13.2 Å². The summed E-state index contributed by atoms with van der Waals surface area (Å²) in [7, 11) is 0. The number of aromatic nitrogens is 1. The van der Waals surface area contributed by atoms with Gasteiger partial charge in [0.25, 0.3) is 0 Å². The van der Waals surface area contributed by atoms with Gasteiger partial charge in [-0.2, -0.15) is 0 Å². The first-order valence-electron chi connectivity index (χ1n) is 10.1. The summed E-state index contributed by atoms with van der Waals surface area (Å²) in [6, 6.07) is 12.7. The standard InChI is InChI=1S/C23H23ClN2O2S/c1-15-6-8-17(13-19(15)24)25-23-26(18-4-2-3-5-18)20(14-29-23)16-7-9-21-22(12-16)28-11-10-27-21/h6-9,12-14,18H,2-5,10-11H2,1H3. The van der Waals surface area contributed by atoms with Crippen LogP contribution in [0.3, 0.4) is 0 Å². The Bertz CT molecular complexity index is 1110. The van der Waals surface area contributed by atoms with Crippen molar-refractivity contribution >= 4 is 28.6 Å². The van der Waals surface area contributed by atoms with Crippen molar-refractivity contribution in [3.8, 4) is 22.8 Å². The maximum Gasteiger partial charge on any atom is 0.190 e. The molecule has 1 aliphatic heterocycles. The SMILES string of the molecule is Cc1ccc(N=c2scc(-c3ccc4c(c3)OCCO4)n2C2CCCC2)cc1Cl. The first-order chi connectivity index (χ1) is 14.2. The Labute approximate surface area is 179 Å². The van der Waals surface area contributed by atoms with Crippen molar-refractivity contribution in [2.24, 2.45) is 4.99 Å². The van der Waals surface area contributed by atoms with Gasteiger partial charge < -0.3 is 14.0 Å². The molecule has 0 bridgehead atoms. The van der Waals surface area contributed by atoms with Gasteiger partial charge in [0, 0.05) is 22.0 Å². The summed E-state index contributed by atoms with van der Waals surface area (Å²) in [5.74, 6) is 1.64. The molecule has 150 valence electrons. The van der Waals surface area contributed by atoms with Crippen LogP contribution in [0.4, 0.5) is 5.69 Å². The largest absolute Gasteiger partial charge is 0.486 e. The molecule has 0 saturated heterocycles. The smallest absolute Gasteiger partial charge is 0.190 e. The van der Waals surface area contributed by atoms with Gasteiger partial charge >= 0.3 is 0 Å². The first kappa shape index (κ1) is 18.8. The maximum atomic E-state index is 6.33. The topological polar surface area (TPSA) is 35.8 Å². The van der Waals surface area contributed by atoms with Crippen molar-refractivity contribution in [3.63, 3.8) is 0 Å². The molecule has 0 unspecified atom stereocenters. The van der Waals surface area contributed by atoms with E-state index in [9.17, 15) is 0 Å². The highest BCUT2D eigenvalue weighted by molar-refractivity contribution is 7.07. The van der Waals surface area contributed by atoms with Crippen LogP contribution in [0.5, 0.6) is 11.5 Å². The monoisotopic (exact) mass is 426 g/mol. The van der Waals surface area contributed by atoms with Gasteiger partial charge in [-0.05, 0) is 55.7 Å². The summed E-state index contributed by atoms with van der Waals surface area (Å²) in [6.45, 7) is 3.21. The summed E-state index contributed by atoms with van der Waals surface area (Å²) in [4.78, 5) is 5.98. The van der Waals surface area contributed by atoms with Gasteiger partial charge in [0.05, 0.1) is 11.4 Å². The third kappa shape index (κ3) is 3.69. The summed E-state index contributed by atoms with van der Waals surface area (Å²) < 4.78 is 13.9. The Morgan fingerprint density at radius 1 is 1.03 bits per heavy atom. The number of benzene rings is 2. The Morgan fingerprint density at radius 3 is 2.62 bits per heavy atom. The third-order valence-electron chi connectivity index (χ3n) is 5.65. The maximum absolute atomic E-state index is 6.33. The molecular weight excluding hydrogens is 404 g/mol. The fourth-order valence-corrected chi connectivity index (χ4v) is 5.25. The number of fused-ring (bicyclic) bond motifs is 1. The molecule has 29 heavy (non-hydrogen) atoms. The van der Waals surface area contributed by atoms with E-state index in [1.165, 1.54) is 31.4 Å². The number of aryl methyl sites for hydroxylation is 1. The molecule has 0 amide bonds. The molecule has 0 N–H and O–H groups in total. The van der Waals surface area contributed by atoms with Gasteiger partial charge in [-0.3, -0.25) is 0 Å². The third-order valence-corrected chi connectivity index (χ3v) is 6.90. The molecule has 1 fully saturated rings. The number of halogens is 1. The molecule has 0 atom stereocenters. The highest BCUT2D eigenvalue weighted by Crippen LogP contribution is 2.38. The van der Waals surface area contributed by atoms with E-state index < -0.39 is 0 Å². The molecule has 2 heterocycles. The van der Waals surface area contributed by atoms with E-state index in [0.717, 1.165) is 38.1 Å². The Kier molecular flexibility index (Phi) is 5.10. The van der Waals surface area contributed by atoms with Gasteiger partial charge in [0.1, 0.15) is 13.2 Å². The van der Waals surface area contributed by atoms with Crippen molar-refractivity contribution < 1.29 is 9.47 Å². The van der Waals surface area contributed by atoms with Crippen LogP contribution >= 0.6 is 22.9 Å². The minimum Gasteiger partial charge on any atom is -0.486 e. The number of hydrogen-bond donors (Lipinski definition) is 0. The van der Waals surface area contributed by atoms with Crippen LogP contribution in [-0.4, -0.2) is 17.8 Å². The lowest BCUT2D eigenvalue weighted by molar-refractivity contribution is 0.171. The van der Waals surface area contributed by atoms with Crippen LogP contribution in [0, 0.1) is 6.92 Å². The Balaban J connectivity index is 1.63. The highest BCUT2D eigenvalue weighted by atomic mass is 35.5. The fourth-order valence-electron chi connectivity index (χ4n) is 4.09. The van der Waals surface area contributed by atoms with Gasteiger partial charge in [0.2, 0.25) is 0 Å². The minimum atomic E-state index is 0.476. The van der Waals surface area contributed by atoms with E-state index in [4.69, 9.17) is 26.1 Å². The van der Waals surface area contributed by atoms with E-state index in [1.54, 1.807) is 11.3 Å². The second-order valence-corrected chi connectivity index (χ2v) is 8.86. The van der Waals surface area contributed by atoms with E-state index in [-0.39, 0.29) is 0 Å². The zero-order valence-electron chi connectivity index (χ0n) is 16.4. The molecule has 0 spiro atoms. The molecule has 1 saturated carbocycles.